The van der Waals surface area contributed by atoms with Crippen molar-refractivity contribution >= 4 is 17.8 Å². The maximum atomic E-state index is 12.6. The van der Waals surface area contributed by atoms with Crippen LogP contribution in [0.3, 0.4) is 0 Å². The molecule has 0 heterocycles. The number of benzene rings is 1. The van der Waals surface area contributed by atoms with Gasteiger partial charge < -0.3 is 20.5 Å². The minimum absolute atomic E-state index is 0.0859. The van der Waals surface area contributed by atoms with Gasteiger partial charge in [-0.15, -0.1) is 0 Å². The van der Waals surface area contributed by atoms with Gasteiger partial charge in [-0.05, 0) is 11.0 Å². The molecule has 27 heavy (non-hydrogen) atoms. The zero-order valence-electron chi connectivity index (χ0n) is 16.5. The number of nitrogens with two attached hydrogens (primary N) is 1. The second-order valence-corrected chi connectivity index (χ2v) is 7.81. The summed E-state index contributed by atoms with van der Waals surface area (Å²) < 4.78 is 4.79. The summed E-state index contributed by atoms with van der Waals surface area (Å²) >= 11 is 0. The van der Waals surface area contributed by atoms with E-state index >= 15 is 0 Å². The number of carbonyl (C=O) groups is 3. The number of carbonyl (C=O) groups excluding carboxylic acids is 2. The summed E-state index contributed by atoms with van der Waals surface area (Å²) in [6.07, 6.45) is 0.803. The summed E-state index contributed by atoms with van der Waals surface area (Å²) in [5.41, 5.74) is 0.961. The minimum Gasteiger partial charge on any atom is -0.481 e. The summed E-state index contributed by atoms with van der Waals surface area (Å²) in [6.45, 7) is 6.87. The molecule has 0 bridgehead atoms. The molecule has 0 aromatic heterocycles. The Morgan fingerprint density at radius 1 is 1.19 bits per heavy atom. The fraction of sp³-hybridized carbons (Fsp3) is 0.550. The van der Waals surface area contributed by atoms with Gasteiger partial charge in [0.25, 0.3) is 5.91 Å². The van der Waals surface area contributed by atoms with E-state index in [0.717, 1.165) is 12.0 Å². The minimum atomic E-state index is -1.06. The van der Waals surface area contributed by atoms with Crippen LogP contribution in [0.2, 0.25) is 0 Å². The molecule has 0 aliphatic carbocycles. The fourth-order valence-corrected chi connectivity index (χ4v) is 2.65. The summed E-state index contributed by atoms with van der Waals surface area (Å²) in [7, 11) is 1.26. The molecule has 4 N–H and O–H groups in total. The number of methoxy groups -OCH3 is 1. The van der Waals surface area contributed by atoms with Crippen molar-refractivity contribution in [3.8, 4) is 0 Å². The van der Waals surface area contributed by atoms with Crippen molar-refractivity contribution in [1.82, 2.24) is 5.32 Å². The van der Waals surface area contributed by atoms with Crippen molar-refractivity contribution in [3.63, 3.8) is 0 Å². The molecular formula is C20H31N2O5+. The summed E-state index contributed by atoms with van der Waals surface area (Å²) in [5, 5.41) is 13.5. The highest BCUT2D eigenvalue weighted by molar-refractivity contribution is 5.89. The van der Waals surface area contributed by atoms with Gasteiger partial charge in [-0.25, -0.2) is 4.79 Å². The Morgan fingerprint density at radius 2 is 1.81 bits per heavy atom. The highest BCUT2D eigenvalue weighted by atomic mass is 16.5. The van der Waals surface area contributed by atoms with E-state index in [2.05, 4.69) is 26.1 Å². The van der Waals surface area contributed by atoms with E-state index in [9.17, 15) is 14.4 Å². The second-order valence-electron chi connectivity index (χ2n) is 7.81. The molecule has 2 atom stereocenters. The maximum Gasteiger partial charge on any atom is 0.328 e. The van der Waals surface area contributed by atoms with Crippen LogP contribution in [0, 0.1) is 5.41 Å². The van der Waals surface area contributed by atoms with Crippen molar-refractivity contribution in [2.75, 3.05) is 13.7 Å². The smallest absolute Gasteiger partial charge is 0.328 e. The van der Waals surface area contributed by atoms with Crippen LogP contribution in [0.1, 0.15) is 39.2 Å². The Labute approximate surface area is 160 Å². The number of hydrogen-bond acceptors (Lipinski definition) is 4. The molecule has 1 aromatic rings. The average molecular weight is 379 g/mol. The number of hydrogen-bond donors (Lipinski definition) is 3. The molecule has 7 heteroatoms. The molecule has 150 valence electrons. The number of nitrogens with one attached hydrogen (secondary N) is 1. The van der Waals surface area contributed by atoms with Gasteiger partial charge in [-0.2, -0.15) is 0 Å². The number of aliphatic carboxylic acids is 1. The molecule has 7 nitrogen and oxygen atoms in total. The van der Waals surface area contributed by atoms with E-state index in [4.69, 9.17) is 9.84 Å². The van der Waals surface area contributed by atoms with Crippen molar-refractivity contribution < 1.29 is 29.5 Å². The Bertz CT molecular complexity index is 625. The van der Waals surface area contributed by atoms with Crippen LogP contribution in [0.4, 0.5) is 0 Å². The van der Waals surface area contributed by atoms with Crippen LogP contribution >= 0.6 is 0 Å². The van der Waals surface area contributed by atoms with E-state index < -0.39 is 29.9 Å². The first kappa shape index (κ1) is 22.6. The number of quaternary nitrogens is 1. The van der Waals surface area contributed by atoms with Crippen LogP contribution < -0.4 is 10.6 Å². The molecule has 1 unspecified atom stereocenters. The number of amides is 1. The molecule has 0 spiro atoms. The van der Waals surface area contributed by atoms with E-state index in [1.54, 1.807) is 5.32 Å². The van der Waals surface area contributed by atoms with E-state index in [-0.39, 0.29) is 18.3 Å². The Morgan fingerprint density at radius 3 is 2.33 bits per heavy atom. The molecule has 1 amide bonds. The van der Waals surface area contributed by atoms with Crippen molar-refractivity contribution in [2.24, 2.45) is 5.41 Å². The number of ether oxygens (including phenoxy) is 1. The van der Waals surface area contributed by atoms with Gasteiger partial charge in [0.2, 0.25) is 0 Å². The first-order valence-corrected chi connectivity index (χ1v) is 9.09. The standard InChI is InChI=1S/C20H30N2O5/c1-20(2,3)10-11-21-15(13-17(23)24)18(25)22-16(19(26)27-4)12-14-8-6-5-7-9-14/h5-9,15-16,21H,10-13H2,1-4H3,(H,22,25)(H,23,24)/p+1/t15-,16?/m0/s1. The van der Waals surface area contributed by atoms with Crippen molar-refractivity contribution in [3.05, 3.63) is 35.9 Å². The van der Waals surface area contributed by atoms with Gasteiger partial charge >= 0.3 is 11.9 Å². The lowest BCUT2D eigenvalue weighted by atomic mass is 9.92. The molecule has 1 aromatic carbocycles. The lowest BCUT2D eigenvalue weighted by molar-refractivity contribution is -0.677. The zero-order valence-corrected chi connectivity index (χ0v) is 16.5. The lowest BCUT2D eigenvalue weighted by Crippen LogP contribution is -2.93. The molecular weight excluding hydrogens is 348 g/mol. The normalized spacial score (nSPS) is 13.5. The molecule has 0 saturated heterocycles. The third-order valence-electron chi connectivity index (χ3n) is 4.16. The molecule has 0 aliphatic rings. The van der Waals surface area contributed by atoms with Crippen LogP contribution in [0.15, 0.2) is 30.3 Å². The van der Waals surface area contributed by atoms with Crippen LogP contribution in [0.25, 0.3) is 0 Å². The van der Waals surface area contributed by atoms with Gasteiger partial charge in [0.1, 0.15) is 12.5 Å². The average Bonchev–Trinajstić information content (AvgIpc) is 2.59. The fourth-order valence-electron chi connectivity index (χ4n) is 2.65. The maximum absolute atomic E-state index is 12.6. The first-order valence-electron chi connectivity index (χ1n) is 9.09. The molecule has 0 radical (unpaired) electrons. The van der Waals surface area contributed by atoms with Crippen molar-refractivity contribution in [2.45, 2.75) is 52.1 Å². The molecule has 1 rings (SSSR count). The Kier molecular flexibility index (Phi) is 8.94. The molecule has 0 saturated carbocycles. The van der Waals surface area contributed by atoms with E-state index in [1.807, 2.05) is 30.3 Å². The Balaban J connectivity index is 2.80. The van der Waals surface area contributed by atoms with Crippen molar-refractivity contribution in [1.29, 1.82) is 0 Å². The quantitative estimate of drug-likeness (QED) is 0.519. The number of carboxylic acids is 1. The van der Waals surface area contributed by atoms with Crippen LogP contribution in [-0.2, 0) is 25.5 Å². The Hall–Kier alpha value is -2.41. The van der Waals surface area contributed by atoms with Gasteiger partial charge in [-0.3, -0.25) is 9.59 Å². The largest absolute Gasteiger partial charge is 0.481 e. The summed E-state index contributed by atoms with van der Waals surface area (Å²) in [4.78, 5) is 35.9. The predicted octanol–water partition coefficient (Wildman–Crippen LogP) is 0.730. The van der Waals surface area contributed by atoms with Crippen LogP contribution in [0.5, 0.6) is 0 Å². The summed E-state index contributed by atoms with van der Waals surface area (Å²) in [6, 6.07) is 7.60. The molecule has 0 fully saturated rings. The molecule has 0 aliphatic heterocycles. The van der Waals surface area contributed by atoms with Gasteiger partial charge in [0.15, 0.2) is 6.04 Å². The number of rotatable bonds is 10. The first-order chi connectivity index (χ1) is 12.6. The topological polar surface area (TPSA) is 109 Å². The number of carboxylic acid groups (broad SMARTS) is 1. The summed E-state index contributed by atoms with van der Waals surface area (Å²) in [5.74, 6) is -2.09. The van der Waals surface area contributed by atoms with Gasteiger partial charge in [-0.1, -0.05) is 51.1 Å². The SMILES string of the molecule is COC(=O)C(Cc1ccccc1)NC(=O)[C@H](CC(=O)O)[NH2+]CCC(C)(C)C. The second kappa shape index (κ2) is 10.7. The van der Waals surface area contributed by atoms with E-state index in [1.165, 1.54) is 7.11 Å². The monoisotopic (exact) mass is 379 g/mol. The highest BCUT2D eigenvalue weighted by Crippen LogP contribution is 2.16. The lowest BCUT2D eigenvalue weighted by Gasteiger charge is -2.21. The third-order valence-corrected chi connectivity index (χ3v) is 4.16. The van der Waals surface area contributed by atoms with Gasteiger partial charge in [0, 0.05) is 12.8 Å². The van der Waals surface area contributed by atoms with E-state index in [0.29, 0.717) is 6.54 Å². The third kappa shape index (κ3) is 9.19. The van der Waals surface area contributed by atoms with Crippen LogP contribution in [-0.4, -0.2) is 48.7 Å². The number of esters is 1. The highest BCUT2D eigenvalue weighted by Gasteiger charge is 2.30. The zero-order chi connectivity index (χ0) is 20.4. The predicted molar refractivity (Wildman–Crippen MR) is 101 cm³/mol. The van der Waals surface area contributed by atoms with Gasteiger partial charge in [0.05, 0.1) is 13.7 Å².